The summed E-state index contributed by atoms with van der Waals surface area (Å²) in [5.41, 5.74) is 0.407. The molecule has 166 valence electrons. The van der Waals surface area contributed by atoms with Crippen LogP contribution in [0, 0.1) is 10.1 Å². The molecular formula is C26H17N3O5. The minimum atomic E-state index is -0.695. The lowest BCUT2D eigenvalue weighted by molar-refractivity contribution is -0.385. The number of para-hydroxylation sites is 1. The number of fused-ring (bicyclic) bond motifs is 2. The lowest BCUT2D eigenvalue weighted by Crippen LogP contribution is -2.44. The molecule has 0 atom stereocenters. The van der Waals surface area contributed by atoms with Gasteiger partial charge in [0.25, 0.3) is 23.4 Å². The van der Waals surface area contributed by atoms with Gasteiger partial charge in [-0.2, -0.15) is 0 Å². The molecule has 0 radical (unpaired) electrons. The van der Waals surface area contributed by atoms with Crippen molar-refractivity contribution < 1.29 is 19.3 Å². The summed E-state index contributed by atoms with van der Waals surface area (Å²) in [5, 5.41) is 13.3. The number of amides is 3. The number of nitro benzene ring substituents is 1. The Morgan fingerprint density at radius 3 is 2.06 bits per heavy atom. The van der Waals surface area contributed by atoms with E-state index in [9.17, 15) is 24.5 Å². The monoisotopic (exact) mass is 451 g/mol. The summed E-state index contributed by atoms with van der Waals surface area (Å²) >= 11 is 0. The molecule has 0 fully saturated rings. The van der Waals surface area contributed by atoms with Crippen molar-refractivity contribution in [1.29, 1.82) is 0 Å². The van der Waals surface area contributed by atoms with Crippen LogP contribution in [-0.4, -0.2) is 34.2 Å². The van der Waals surface area contributed by atoms with Gasteiger partial charge in [-0.05, 0) is 41.1 Å². The highest BCUT2D eigenvalue weighted by Gasteiger charge is 2.38. The van der Waals surface area contributed by atoms with E-state index in [1.807, 2.05) is 30.3 Å². The van der Waals surface area contributed by atoms with Crippen LogP contribution in [0.25, 0.3) is 10.8 Å². The van der Waals surface area contributed by atoms with Crippen LogP contribution >= 0.6 is 0 Å². The lowest BCUT2D eigenvalue weighted by atomic mass is 10.1. The predicted molar refractivity (Wildman–Crippen MR) is 126 cm³/mol. The number of hydrogen-bond acceptors (Lipinski definition) is 5. The van der Waals surface area contributed by atoms with E-state index in [1.54, 1.807) is 36.4 Å². The van der Waals surface area contributed by atoms with Gasteiger partial charge in [0, 0.05) is 11.8 Å². The Morgan fingerprint density at radius 1 is 0.794 bits per heavy atom. The summed E-state index contributed by atoms with van der Waals surface area (Å²) in [6, 6.07) is 24.8. The molecule has 34 heavy (non-hydrogen) atoms. The summed E-state index contributed by atoms with van der Waals surface area (Å²) in [5.74, 6) is -1.75. The average molecular weight is 451 g/mol. The normalized spacial score (nSPS) is 12.6. The van der Waals surface area contributed by atoms with Crippen molar-refractivity contribution in [2.45, 2.75) is 0 Å². The van der Waals surface area contributed by atoms with E-state index in [-0.39, 0.29) is 22.4 Å². The quantitative estimate of drug-likeness (QED) is 0.250. The van der Waals surface area contributed by atoms with E-state index in [0.29, 0.717) is 5.69 Å². The van der Waals surface area contributed by atoms with Crippen LogP contribution in [0.2, 0.25) is 0 Å². The van der Waals surface area contributed by atoms with Crippen LogP contribution in [-0.2, 0) is 0 Å². The van der Waals surface area contributed by atoms with Crippen molar-refractivity contribution in [3.8, 4) is 0 Å². The van der Waals surface area contributed by atoms with E-state index >= 15 is 0 Å². The second kappa shape index (κ2) is 8.25. The summed E-state index contributed by atoms with van der Waals surface area (Å²) < 4.78 is 0. The van der Waals surface area contributed by atoms with E-state index in [1.165, 1.54) is 29.2 Å². The number of hydrogen-bond donors (Lipinski definition) is 0. The van der Waals surface area contributed by atoms with Gasteiger partial charge >= 0.3 is 0 Å². The van der Waals surface area contributed by atoms with E-state index in [0.717, 1.165) is 15.7 Å². The van der Waals surface area contributed by atoms with Crippen LogP contribution in [0.4, 0.5) is 11.4 Å². The highest BCUT2D eigenvalue weighted by Crippen LogP contribution is 2.29. The first-order valence-corrected chi connectivity index (χ1v) is 10.4. The molecule has 1 heterocycles. The van der Waals surface area contributed by atoms with Gasteiger partial charge in [0.05, 0.1) is 16.1 Å². The topological polar surface area (TPSA) is 101 Å². The number of rotatable bonds is 5. The molecule has 0 spiro atoms. The first-order chi connectivity index (χ1) is 16.5. The molecule has 0 unspecified atom stereocenters. The van der Waals surface area contributed by atoms with Gasteiger partial charge in [-0.25, -0.2) is 0 Å². The van der Waals surface area contributed by atoms with Crippen molar-refractivity contribution in [1.82, 2.24) is 4.90 Å². The Bertz CT molecular complexity index is 1460. The number of nitrogens with zero attached hydrogens (tertiary/aromatic N) is 3. The number of nitro groups is 1. The summed E-state index contributed by atoms with van der Waals surface area (Å²) in [4.78, 5) is 52.8. The largest absolute Gasteiger partial charge is 0.289 e. The molecule has 1 aliphatic rings. The minimum absolute atomic E-state index is 0.141. The van der Waals surface area contributed by atoms with Gasteiger partial charge in [0.1, 0.15) is 12.2 Å². The van der Waals surface area contributed by atoms with Crippen LogP contribution in [0.5, 0.6) is 0 Å². The zero-order valence-electron chi connectivity index (χ0n) is 17.8. The number of imide groups is 1. The Balaban J connectivity index is 1.60. The highest BCUT2D eigenvalue weighted by molar-refractivity contribution is 6.22. The molecule has 8 heteroatoms. The molecule has 0 aromatic heterocycles. The van der Waals surface area contributed by atoms with E-state index < -0.39 is 29.3 Å². The first kappa shape index (κ1) is 21.0. The Labute approximate surface area is 193 Å². The molecule has 3 amide bonds. The second-order valence-electron chi connectivity index (χ2n) is 7.76. The first-order valence-electron chi connectivity index (χ1n) is 10.4. The number of carbonyl (C=O) groups is 3. The fourth-order valence-electron chi connectivity index (χ4n) is 4.08. The van der Waals surface area contributed by atoms with Crippen LogP contribution in [0.1, 0.15) is 31.1 Å². The van der Waals surface area contributed by atoms with Crippen molar-refractivity contribution in [3.63, 3.8) is 0 Å². The molecule has 8 nitrogen and oxygen atoms in total. The maximum absolute atomic E-state index is 13.7. The van der Waals surface area contributed by atoms with Gasteiger partial charge in [0.15, 0.2) is 0 Å². The van der Waals surface area contributed by atoms with Crippen LogP contribution in [0.15, 0.2) is 91.0 Å². The molecule has 5 rings (SSSR count). The van der Waals surface area contributed by atoms with E-state index in [2.05, 4.69) is 0 Å². The lowest BCUT2D eigenvalue weighted by Gasteiger charge is -2.27. The third-order valence-corrected chi connectivity index (χ3v) is 5.78. The number of carbonyl (C=O) groups excluding carboxylic acids is 3. The Hall–Kier alpha value is -4.85. The van der Waals surface area contributed by atoms with Crippen molar-refractivity contribution in [2.75, 3.05) is 11.6 Å². The zero-order valence-corrected chi connectivity index (χ0v) is 17.8. The van der Waals surface area contributed by atoms with Gasteiger partial charge in [0.2, 0.25) is 0 Å². The number of benzene rings is 4. The third kappa shape index (κ3) is 3.47. The molecule has 1 aliphatic heterocycles. The van der Waals surface area contributed by atoms with Gasteiger partial charge in [-0.3, -0.25) is 34.3 Å². The summed E-state index contributed by atoms with van der Waals surface area (Å²) in [7, 11) is 0. The van der Waals surface area contributed by atoms with E-state index in [4.69, 9.17) is 0 Å². The smallest absolute Gasteiger partial charge is 0.282 e. The average Bonchev–Trinajstić information content (AvgIpc) is 3.11. The molecule has 0 aliphatic carbocycles. The molecule has 0 bridgehead atoms. The fraction of sp³-hybridized carbons (Fsp3) is 0.0385. The number of anilines is 1. The minimum Gasteiger partial charge on any atom is -0.289 e. The third-order valence-electron chi connectivity index (χ3n) is 5.78. The van der Waals surface area contributed by atoms with Crippen LogP contribution in [0.3, 0.4) is 0 Å². The SMILES string of the molecule is O=C1c2ccccc2C(=O)N1CN(C(=O)c1ccccc1[N+](=O)[O-])c1ccc2ccccc2c1. The fourth-order valence-corrected chi connectivity index (χ4v) is 4.08. The maximum Gasteiger partial charge on any atom is 0.282 e. The Morgan fingerprint density at radius 2 is 1.38 bits per heavy atom. The summed E-state index contributed by atoms with van der Waals surface area (Å²) in [6.45, 7) is -0.393. The van der Waals surface area contributed by atoms with Gasteiger partial charge in [-0.15, -0.1) is 0 Å². The molecule has 0 N–H and O–H groups in total. The van der Waals surface area contributed by atoms with Gasteiger partial charge in [-0.1, -0.05) is 54.6 Å². The van der Waals surface area contributed by atoms with Gasteiger partial charge < -0.3 is 0 Å². The maximum atomic E-state index is 13.7. The van der Waals surface area contributed by atoms with Crippen LogP contribution < -0.4 is 4.90 Å². The zero-order chi connectivity index (χ0) is 23.8. The molecule has 4 aromatic rings. The second-order valence-corrected chi connectivity index (χ2v) is 7.76. The molecular weight excluding hydrogens is 434 g/mol. The standard InChI is InChI=1S/C26H17N3O5/c30-24-20-9-3-4-10-21(20)25(31)28(24)16-27(19-14-13-17-7-1-2-8-18(17)15-19)26(32)22-11-5-6-12-23(22)29(33)34/h1-15H,16H2. The molecule has 0 saturated carbocycles. The molecule has 0 saturated heterocycles. The van der Waals surface area contributed by atoms with Crippen molar-refractivity contribution in [3.05, 3.63) is 118 Å². The summed E-state index contributed by atoms with van der Waals surface area (Å²) in [6.07, 6.45) is 0. The van der Waals surface area contributed by atoms with Crippen molar-refractivity contribution in [2.24, 2.45) is 0 Å². The Kier molecular flexibility index (Phi) is 5.10. The van der Waals surface area contributed by atoms with Crippen molar-refractivity contribution >= 4 is 39.9 Å². The highest BCUT2D eigenvalue weighted by atomic mass is 16.6. The molecule has 4 aromatic carbocycles. The predicted octanol–water partition coefficient (Wildman–Crippen LogP) is 4.65.